The summed E-state index contributed by atoms with van der Waals surface area (Å²) in [6.45, 7) is 4.00. The summed E-state index contributed by atoms with van der Waals surface area (Å²) in [4.78, 5) is 15.5. The quantitative estimate of drug-likeness (QED) is 0.728. The molecule has 0 atom stereocenters. The normalized spacial score (nSPS) is 10.9. The van der Waals surface area contributed by atoms with Crippen molar-refractivity contribution < 1.29 is 4.79 Å². The van der Waals surface area contributed by atoms with E-state index in [2.05, 4.69) is 10.3 Å². The monoisotopic (exact) mass is 312 g/mol. The number of rotatable bonds is 3. The minimum absolute atomic E-state index is 0.0328. The van der Waals surface area contributed by atoms with Gasteiger partial charge in [-0.2, -0.15) is 0 Å². The molecule has 3 nitrogen and oxygen atoms in total. The first-order valence-electron chi connectivity index (χ1n) is 7.15. The summed E-state index contributed by atoms with van der Waals surface area (Å²) in [7, 11) is 0. The third-order valence-electron chi connectivity index (χ3n) is 3.75. The van der Waals surface area contributed by atoms with Crippen molar-refractivity contribution >= 4 is 34.1 Å². The van der Waals surface area contributed by atoms with E-state index in [1.54, 1.807) is 0 Å². The molecule has 0 aliphatic heterocycles. The Hall–Kier alpha value is -2.26. The van der Waals surface area contributed by atoms with Gasteiger partial charge in [0.25, 0.3) is 0 Å². The predicted molar refractivity (Wildman–Crippen MR) is 91.6 cm³/mol. The molecule has 2 N–H and O–H groups in total. The number of fused-ring (bicyclic) bond motifs is 1. The predicted octanol–water partition coefficient (Wildman–Crippen LogP) is 4.62. The maximum atomic E-state index is 12.3. The number of hydrogen-bond donors (Lipinski definition) is 2. The summed E-state index contributed by atoms with van der Waals surface area (Å²) < 4.78 is 0. The maximum absolute atomic E-state index is 12.3. The van der Waals surface area contributed by atoms with Crippen molar-refractivity contribution in [3.05, 3.63) is 64.3 Å². The van der Waals surface area contributed by atoms with E-state index in [0.717, 1.165) is 33.3 Å². The molecule has 3 aromatic rings. The molecule has 0 spiro atoms. The van der Waals surface area contributed by atoms with Crippen molar-refractivity contribution in [3.63, 3.8) is 0 Å². The van der Waals surface area contributed by atoms with Crippen LogP contribution in [0.2, 0.25) is 5.02 Å². The van der Waals surface area contributed by atoms with Crippen LogP contribution in [0.4, 0.5) is 5.69 Å². The van der Waals surface area contributed by atoms with Crippen molar-refractivity contribution in [2.75, 3.05) is 5.32 Å². The Kier molecular flexibility index (Phi) is 3.90. The van der Waals surface area contributed by atoms with Crippen LogP contribution < -0.4 is 5.32 Å². The Morgan fingerprint density at radius 2 is 2.00 bits per heavy atom. The van der Waals surface area contributed by atoms with Gasteiger partial charge in [0.1, 0.15) is 0 Å². The lowest BCUT2D eigenvalue weighted by molar-refractivity contribution is -0.115. The molecular formula is C18H17ClN2O. The third-order valence-corrected chi connectivity index (χ3v) is 3.98. The number of amides is 1. The van der Waals surface area contributed by atoms with Gasteiger partial charge in [0.2, 0.25) is 5.91 Å². The molecule has 0 bridgehead atoms. The second-order valence-corrected chi connectivity index (χ2v) is 5.98. The fourth-order valence-corrected chi connectivity index (χ4v) is 2.71. The molecule has 1 aromatic heterocycles. The molecule has 22 heavy (non-hydrogen) atoms. The number of aromatic nitrogens is 1. The highest BCUT2D eigenvalue weighted by Crippen LogP contribution is 2.23. The van der Waals surface area contributed by atoms with Gasteiger partial charge in [-0.15, -0.1) is 0 Å². The van der Waals surface area contributed by atoms with Crippen molar-refractivity contribution in [3.8, 4) is 0 Å². The van der Waals surface area contributed by atoms with E-state index in [1.807, 2.05) is 56.4 Å². The Labute approximate surface area is 134 Å². The summed E-state index contributed by atoms with van der Waals surface area (Å²) >= 11 is 6.04. The maximum Gasteiger partial charge on any atom is 0.228 e. The number of nitrogens with one attached hydrogen (secondary N) is 2. The molecule has 3 rings (SSSR count). The average Bonchev–Trinajstić information content (AvgIpc) is 2.85. The summed E-state index contributed by atoms with van der Waals surface area (Å²) in [5.41, 5.74) is 4.97. The number of aromatic amines is 1. The summed E-state index contributed by atoms with van der Waals surface area (Å²) in [6, 6.07) is 11.7. The molecule has 0 saturated carbocycles. The van der Waals surface area contributed by atoms with Crippen LogP contribution in [0, 0.1) is 13.8 Å². The highest BCUT2D eigenvalue weighted by atomic mass is 35.5. The topological polar surface area (TPSA) is 44.9 Å². The van der Waals surface area contributed by atoms with E-state index in [0.29, 0.717) is 11.4 Å². The Morgan fingerprint density at radius 1 is 1.18 bits per heavy atom. The summed E-state index contributed by atoms with van der Waals surface area (Å²) in [5, 5.41) is 4.64. The van der Waals surface area contributed by atoms with Gasteiger partial charge >= 0.3 is 0 Å². The first kappa shape index (κ1) is 14.7. The molecule has 0 unspecified atom stereocenters. The molecule has 112 valence electrons. The lowest BCUT2D eigenvalue weighted by Gasteiger charge is -2.09. The number of H-pyrrole nitrogens is 1. The lowest BCUT2D eigenvalue weighted by atomic mass is 10.1. The smallest absolute Gasteiger partial charge is 0.228 e. The van der Waals surface area contributed by atoms with Crippen molar-refractivity contribution in [2.45, 2.75) is 20.3 Å². The second kappa shape index (κ2) is 5.85. The van der Waals surface area contributed by atoms with Crippen LogP contribution in [0.15, 0.2) is 42.6 Å². The number of halogens is 1. The molecule has 0 saturated heterocycles. The Morgan fingerprint density at radius 3 is 2.82 bits per heavy atom. The zero-order chi connectivity index (χ0) is 15.7. The van der Waals surface area contributed by atoms with E-state index in [4.69, 9.17) is 11.6 Å². The number of aryl methyl sites for hydroxylation is 2. The van der Waals surface area contributed by atoms with Gasteiger partial charge in [-0.1, -0.05) is 23.7 Å². The molecular weight excluding hydrogens is 296 g/mol. The van der Waals surface area contributed by atoms with Gasteiger partial charge in [-0.05, 0) is 54.8 Å². The van der Waals surface area contributed by atoms with Crippen LogP contribution in [0.3, 0.4) is 0 Å². The number of carbonyl (C=O) groups is 1. The number of hydrogen-bond acceptors (Lipinski definition) is 1. The minimum Gasteiger partial charge on any atom is -0.361 e. The molecule has 0 fully saturated rings. The van der Waals surface area contributed by atoms with Crippen LogP contribution in [0.25, 0.3) is 10.9 Å². The molecule has 1 heterocycles. The Bertz CT molecular complexity index is 851. The van der Waals surface area contributed by atoms with Gasteiger partial charge in [-0.25, -0.2) is 0 Å². The largest absolute Gasteiger partial charge is 0.361 e. The van der Waals surface area contributed by atoms with Gasteiger partial charge in [0, 0.05) is 27.8 Å². The first-order chi connectivity index (χ1) is 10.5. The summed E-state index contributed by atoms with van der Waals surface area (Å²) in [5.74, 6) is -0.0328. The van der Waals surface area contributed by atoms with Crippen molar-refractivity contribution in [2.24, 2.45) is 0 Å². The second-order valence-electron chi connectivity index (χ2n) is 5.55. The molecule has 0 aliphatic carbocycles. The number of benzene rings is 2. The van der Waals surface area contributed by atoms with E-state index in [-0.39, 0.29) is 5.91 Å². The van der Waals surface area contributed by atoms with Crippen LogP contribution in [0.5, 0.6) is 0 Å². The fraction of sp³-hybridized carbons (Fsp3) is 0.167. The van der Waals surface area contributed by atoms with E-state index < -0.39 is 0 Å². The first-order valence-corrected chi connectivity index (χ1v) is 7.53. The highest BCUT2D eigenvalue weighted by Gasteiger charge is 2.10. The molecule has 1 amide bonds. The Balaban J connectivity index is 1.81. The number of carbonyl (C=O) groups excluding carboxylic acids is 1. The molecule has 0 aliphatic rings. The van der Waals surface area contributed by atoms with Gasteiger partial charge in [0.15, 0.2) is 0 Å². The van der Waals surface area contributed by atoms with Crippen molar-refractivity contribution in [1.82, 2.24) is 4.98 Å². The van der Waals surface area contributed by atoms with Crippen LogP contribution in [-0.2, 0) is 11.2 Å². The van der Waals surface area contributed by atoms with E-state index in [9.17, 15) is 4.79 Å². The molecule has 0 radical (unpaired) electrons. The van der Waals surface area contributed by atoms with Crippen LogP contribution in [-0.4, -0.2) is 10.9 Å². The highest BCUT2D eigenvalue weighted by molar-refractivity contribution is 6.31. The lowest BCUT2D eigenvalue weighted by Crippen LogP contribution is -2.15. The van der Waals surface area contributed by atoms with Gasteiger partial charge < -0.3 is 10.3 Å². The van der Waals surface area contributed by atoms with Crippen LogP contribution >= 0.6 is 11.6 Å². The van der Waals surface area contributed by atoms with Crippen molar-refractivity contribution in [1.29, 1.82) is 0 Å². The molecule has 2 aromatic carbocycles. The number of anilines is 1. The zero-order valence-electron chi connectivity index (χ0n) is 12.5. The van der Waals surface area contributed by atoms with E-state index >= 15 is 0 Å². The van der Waals surface area contributed by atoms with Gasteiger partial charge in [-0.3, -0.25) is 4.79 Å². The summed E-state index contributed by atoms with van der Waals surface area (Å²) in [6.07, 6.45) is 2.18. The van der Waals surface area contributed by atoms with Crippen LogP contribution in [0.1, 0.15) is 16.7 Å². The average molecular weight is 313 g/mol. The molecule has 4 heteroatoms. The van der Waals surface area contributed by atoms with E-state index in [1.165, 1.54) is 0 Å². The minimum atomic E-state index is -0.0328. The fourth-order valence-electron chi connectivity index (χ4n) is 2.53. The zero-order valence-corrected chi connectivity index (χ0v) is 13.3. The third kappa shape index (κ3) is 3.00. The SMILES string of the molecule is Cc1ccc(C)c(NC(=O)Cc2c[nH]c3ccc(Cl)cc23)c1. The standard InChI is InChI=1S/C18H17ClN2O/c1-11-3-4-12(2)17(7-11)21-18(22)8-13-10-20-16-6-5-14(19)9-15(13)16/h3-7,9-10,20H,8H2,1-2H3,(H,21,22). The van der Waals surface area contributed by atoms with Gasteiger partial charge in [0.05, 0.1) is 6.42 Å².